The first kappa shape index (κ1) is 20.8. The number of anilines is 1. The minimum atomic E-state index is -0.540. The van der Waals surface area contributed by atoms with E-state index in [4.69, 9.17) is 4.74 Å². The smallest absolute Gasteiger partial charge is 0.263 e. The Morgan fingerprint density at radius 3 is 2.66 bits per heavy atom. The van der Waals surface area contributed by atoms with Crippen molar-refractivity contribution < 1.29 is 18.7 Å². The average Bonchev–Trinajstić information content (AvgIpc) is 2.78. The fourth-order valence-corrected chi connectivity index (χ4v) is 3.27. The summed E-state index contributed by atoms with van der Waals surface area (Å²) in [5.41, 5.74) is 2.25. The molecule has 0 spiro atoms. The number of hydrogen-bond acceptors (Lipinski definition) is 3. The lowest BCUT2D eigenvalue weighted by atomic mass is 10.1. The van der Waals surface area contributed by atoms with Gasteiger partial charge < -0.3 is 15.0 Å². The molecule has 1 N–H and O–H groups in total. The number of fused-ring (bicyclic) bond motifs is 1. The molecule has 0 bridgehead atoms. The predicted octanol–water partition coefficient (Wildman–Crippen LogP) is 4.16. The molecule has 29 heavy (non-hydrogen) atoms. The summed E-state index contributed by atoms with van der Waals surface area (Å²) in [6.45, 7) is 7.14. The second-order valence-corrected chi connectivity index (χ2v) is 7.88. The summed E-state index contributed by atoms with van der Waals surface area (Å²) in [7, 11) is 0. The van der Waals surface area contributed by atoms with Crippen molar-refractivity contribution >= 4 is 17.5 Å². The molecule has 0 aromatic heterocycles. The molecule has 0 radical (unpaired) electrons. The monoisotopic (exact) mass is 398 g/mol. The molecule has 3 rings (SSSR count). The minimum Gasteiger partial charge on any atom is -0.481 e. The number of hydrogen-bond donors (Lipinski definition) is 1. The molecule has 2 aromatic rings. The Labute approximate surface area is 170 Å². The largest absolute Gasteiger partial charge is 0.481 e. The van der Waals surface area contributed by atoms with Crippen molar-refractivity contribution in [3.05, 3.63) is 59.4 Å². The Morgan fingerprint density at radius 1 is 1.24 bits per heavy atom. The molecular weight excluding hydrogens is 371 g/mol. The van der Waals surface area contributed by atoms with Crippen molar-refractivity contribution in [2.75, 3.05) is 11.9 Å². The Kier molecular flexibility index (Phi) is 6.52. The second kappa shape index (κ2) is 9.07. The molecule has 1 heterocycles. The Bertz CT molecular complexity index is 880. The van der Waals surface area contributed by atoms with Crippen LogP contribution in [0.2, 0.25) is 0 Å². The van der Waals surface area contributed by atoms with Gasteiger partial charge in [-0.25, -0.2) is 4.39 Å². The maximum Gasteiger partial charge on any atom is 0.263 e. The van der Waals surface area contributed by atoms with Crippen molar-refractivity contribution in [1.82, 2.24) is 4.90 Å². The van der Waals surface area contributed by atoms with E-state index in [1.54, 1.807) is 31.2 Å². The third kappa shape index (κ3) is 5.56. The molecule has 6 heteroatoms. The summed E-state index contributed by atoms with van der Waals surface area (Å²) >= 11 is 0. The van der Waals surface area contributed by atoms with E-state index in [1.807, 2.05) is 11.0 Å². The van der Waals surface area contributed by atoms with Crippen molar-refractivity contribution in [3.8, 4) is 5.75 Å². The molecule has 0 aliphatic carbocycles. The van der Waals surface area contributed by atoms with Gasteiger partial charge in [-0.2, -0.15) is 0 Å². The Balaban J connectivity index is 1.72. The van der Waals surface area contributed by atoms with E-state index in [0.29, 0.717) is 30.4 Å². The second-order valence-electron chi connectivity index (χ2n) is 7.88. The number of amides is 2. The lowest BCUT2D eigenvalue weighted by Gasteiger charge is -2.23. The first-order valence-corrected chi connectivity index (χ1v) is 9.94. The van der Waals surface area contributed by atoms with Gasteiger partial charge in [0.15, 0.2) is 6.10 Å². The number of carbonyl (C=O) groups excluding carboxylic acids is 2. The molecule has 2 aromatic carbocycles. The number of carbonyl (C=O) groups is 2. The molecule has 0 saturated carbocycles. The average molecular weight is 398 g/mol. The van der Waals surface area contributed by atoms with E-state index in [1.165, 1.54) is 12.1 Å². The summed E-state index contributed by atoms with van der Waals surface area (Å²) in [6, 6.07) is 11.3. The van der Waals surface area contributed by atoms with Crippen LogP contribution in [0.25, 0.3) is 0 Å². The van der Waals surface area contributed by atoms with Gasteiger partial charge in [-0.05, 0) is 55.2 Å². The third-order valence-electron chi connectivity index (χ3n) is 4.92. The minimum absolute atomic E-state index is 0.0243. The highest BCUT2D eigenvalue weighted by Gasteiger charge is 2.27. The molecule has 5 nitrogen and oxygen atoms in total. The van der Waals surface area contributed by atoms with Crippen LogP contribution in [0.4, 0.5) is 10.1 Å². The highest BCUT2D eigenvalue weighted by atomic mass is 19.1. The van der Waals surface area contributed by atoms with Crippen LogP contribution in [0, 0.1) is 11.7 Å². The summed E-state index contributed by atoms with van der Waals surface area (Å²) in [5.74, 6) is 0.620. The lowest BCUT2D eigenvalue weighted by Crippen LogP contribution is -2.38. The molecule has 1 atom stereocenters. The van der Waals surface area contributed by atoms with E-state index in [2.05, 4.69) is 19.2 Å². The fourth-order valence-electron chi connectivity index (χ4n) is 3.27. The molecule has 0 fully saturated rings. The van der Waals surface area contributed by atoms with Crippen molar-refractivity contribution in [2.24, 2.45) is 5.92 Å². The van der Waals surface area contributed by atoms with E-state index in [-0.39, 0.29) is 24.1 Å². The summed E-state index contributed by atoms with van der Waals surface area (Å²) in [6.07, 6.45) is 0.536. The zero-order valence-electron chi connectivity index (χ0n) is 17.1. The van der Waals surface area contributed by atoms with Crippen LogP contribution in [-0.2, 0) is 22.6 Å². The van der Waals surface area contributed by atoms with Gasteiger partial charge in [0.05, 0.1) is 6.42 Å². The van der Waals surface area contributed by atoms with Crippen molar-refractivity contribution in [1.29, 1.82) is 0 Å². The molecule has 0 saturated heterocycles. The van der Waals surface area contributed by atoms with Gasteiger partial charge in [0, 0.05) is 24.3 Å². The fraction of sp³-hybridized carbons (Fsp3) is 0.391. The highest BCUT2D eigenvalue weighted by Crippen LogP contribution is 2.29. The SMILES string of the molecule is CC(C)CCN1Cc2cc(NC(=O)Cc3ccc(F)cc3)ccc2OC(C)C1=O. The molecular formula is C23H27FN2O3. The first-order valence-electron chi connectivity index (χ1n) is 9.94. The standard InChI is InChI=1S/C23H27FN2O3/c1-15(2)10-11-26-14-18-13-20(8-9-21(18)29-16(3)23(26)28)25-22(27)12-17-4-6-19(24)7-5-17/h4-9,13,15-16H,10-12,14H2,1-3H3,(H,25,27). The van der Waals surface area contributed by atoms with E-state index in [0.717, 1.165) is 17.5 Å². The highest BCUT2D eigenvalue weighted by molar-refractivity contribution is 5.92. The van der Waals surface area contributed by atoms with Crippen molar-refractivity contribution in [2.45, 2.75) is 46.3 Å². The summed E-state index contributed by atoms with van der Waals surface area (Å²) < 4.78 is 18.8. The Morgan fingerprint density at radius 2 is 1.97 bits per heavy atom. The normalized spacial score (nSPS) is 16.2. The van der Waals surface area contributed by atoms with Gasteiger partial charge >= 0.3 is 0 Å². The number of halogens is 1. The van der Waals surface area contributed by atoms with Gasteiger partial charge in [0.2, 0.25) is 5.91 Å². The molecule has 1 unspecified atom stereocenters. The number of benzene rings is 2. The number of rotatable bonds is 6. The maximum atomic E-state index is 13.0. The summed E-state index contributed by atoms with van der Waals surface area (Å²) in [5, 5.41) is 2.87. The van der Waals surface area contributed by atoms with Gasteiger partial charge in [-0.15, -0.1) is 0 Å². The molecule has 2 amide bonds. The number of nitrogens with one attached hydrogen (secondary N) is 1. The Hall–Kier alpha value is -2.89. The summed E-state index contributed by atoms with van der Waals surface area (Å²) in [4.78, 5) is 26.8. The van der Waals surface area contributed by atoms with Gasteiger partial charge in [-0.3, -0.25) is 9.59 Å². The van der Waals surface area contributed by atoms with Crippen LogP contribution in [0.3, 0.4) is 0 Å². The zero-order valence-corrected chi connectivity index (χ0v) is 17.1. The van der Waals surface area contributed by atoms with E-state index >= 15 is 0 Å². The lowest BCUT2D eigenvalue weighted by molar-refractivity contribution is -0.137. The predicted molar refractivity (Wildman–Crippen MR) is 110 cm³/mol. The number of ether oxygens (including phenoxy) is 1. The molecule has 1 aliphatic rings. The third-order valence-corrected chi connectivity index (χ3v) is 4.92. The van der Waals surface area contributed by atoms with Crippen LogP contribution < -0.4 is 10.1 Å². The van der Waals surface area contributed by atoms with Crippen LogP contribution >= 0.6 is 0 Å². The molecule has 1 aliphatic heterocycles. The van der Waals surface area contributed by atoms with Gasteiger partial charge in [0.1, 0.15) is 11.6 Å². The van der Waals surface area contributed by atoms with E-state index < -0.39 is 6.10 Å². The van der Waals surface area contributed by atoms with Crippen LogP contribution in [0.1, 0.15) is 38.3 Å². The first-order chi connectivity index (χ1) is 13.8. The van der Waals surface area contributed by atoms with Crippen molar-refractivity contribution in [3.63, 3.8) is 0 Å². The number of nitrogens with zero attached hydrogens (tertiary/aromatic N) is 1. The topological polar surface area (TPSA) is 58.6 Å². The van der Waals surface area contributed by atoms with Crippen LogP contribution in [-0.4, -0.2) is 29.4 Å². The van der Waals surface area contributed by atoms with E-state index in [9.17, 15) is 14.0 Å². The van der Waals surface area contributed by atoms with Gasteiger partial charge in [0.25, 0.3) is 5.91 Å². The van der Waals surface area contributed by atoms with Crippen LogP contribution in [0.15, 0.2) is 42.5 Å². The zero-order chi connectivity index (χ0) is 21.0. The van der Waals surface area contributed by atoms with Gasteiger partial charge in [-0.1, -0.05) is 26.0 Å². The quantitative estimate of drug-likeness (QED) is 0.795. The molecule has 154 valence electrons. The van der Waals surface area contributed by atoms with Crippen LogP contribution in [0.5, 0.6) is 5.75 Å². The maximum absolute atomic E-state index is 13.0.